The lowest BCUT2D eigenvalue weighted by Gasteiger charge is -2.10. The number of benzene rings is 2. The Kier molecular flexibility index (Phi) is 10.1. The normalized spacial score (nSPS) is 12.3. The predicted octanol–water partition coefficient (Wildman–Crippen LogP) is 1.73. The molecule has 2 aromatic carbocycles. The molecule has 8 heteroatoms. The molecule has 2 rings (SSSR count). The van der Waals surface area contributed by atoms with Crippen LogP contribution in [0.3, 0.4) is 0 Å². The lowest BCUT2D eigenvalue weighted by atomic mass is 10.1. The number of aliphatic hydroxyl groups excluding tert-OH is 1. The first-order chi connectivity index (χ1) is 12.8. The summed E-state index contributed by atoms with van der Waals surface area (Å²) in [6, 6.07) is 15.1. The highest BCUT2D eigenvalue weighted by Gasteiger charge is 2.14. The molecule has 0 bridgehead atoms. The molecule has 1 amide bonds. The maximum absolute atomic E-state index is 11.4. The fourth-order valence-corrected chi connectivity index (χ4v) is 2.09. The van der Waals surface area contributed by atoms with Gasteiger partial charge in [0.1, 0.15) is 6.04 Å². The number of carbonyl (C=O) groups excluding carboxylic acids is 1. The van der Waals surface area contributed by atoms with Crippen molar-refractivity contribution < 1.29 is 24.5 Å². The number of carboxylic acids is 1. The summed E-state index contributed by atoms with van der Waals surface area (Å²) in [6.07, 6.45) is -1.47. The van der Waals surface area contributed by atoms with Gasteiger partial charge in [-0.3, -0.25) is 4.79 Å². The number of carbonyl (C=O) groups is 2. The number of carboxylic acid groups (broad SMARTS) is 1. The van der Waals surface area contributed by atoms with Gasteiger partial charge in [-0.05, 0) is 23.3 Å². The third kappa shape index (κ3) is 8.65. The van der Waals surface area contributed by atoms with Crippen LogP contribution in [-0.2, 0) is 20.9 Å². The molecule has 0 saturated heterocycles. The molecule has 27 heavy (non-hydrogen) atoms. The van der Waals surface area contributed by atoms with Gasteiger partial charge >= 0.3 is 5.97 Å². The molecule has 2 atom stereocenters. The summed E-state index contributed by atoms with van der Waals surface area (Å²) in [5.41, 5.74) is 6.93. The van der Waals surface area contributed by atoms with Crippen molar-refractivity contribution in [2.24, 2.45) is 5.73 Å². The van der Waals surface area contributed by atoms with E-state index in [0.29, 0.717) is 17.1 Å². The van der Waals surface area contributed by atoms with Crippen molar-refractivity contribution in [2.75, 3.05) is 13.7 Å². The van der Waals surface area contributed by atoms with E-state index < -0.39 is 18.1 Å². The Labute approximate surface area is 162 Å². The minimum Gasteiger partial charge on any atom is -0.479 e. The zero-order valence-electron chi connectivity index (χ0n) is 14.8. The Bertz CT molecular complexity index is 710. The summed E-state index contributed by atoms with van der Waals surface area (Å²) in [4.78, 5) is 21.7. The predicted molar refractivity (Wildman–Crippen MR) is 102 cm³/mol. The molecule has 0 fully saturated rings. The van der Waals surface area contributed by atoms with E-state index in [-0.39, 0.29) is 12.5 Å². The number of nitrogens with two attached hydrogens (primary N) is 1. The second-order valence-corrected chi connectivity index (χ2v) is 5.99. The lowest BCUT2D eigenvalue weighted by molar-refractivity contribution is -0.147. The van der Waals surface area contributed by atoms with Crippen molar-refractivity contribution in [2.45, 2.75) is 18.7 Å². The zero-order chi connectivity index (χ0) is 20.2. The summed E-state index contributed by atoms with van der Waals surface area (Å²) < 4.78 is 4.79. The van der Waals surface area contributed by atoms with Gasteiger partial charge in [0.15, 0.2) is 6.10 Å². The van der Waals surface area contributed by atoms with Gasteiger partial charge in [-0.15, -0.1) is 0 Å². The first kappa shape index (κ1) is 22.6. The van der Waals surface area contributed by atoms with Crippen LogP contribution in [0.4, 0.5) is 0 Å². The molecule has 2 aromatic rings. The van der Waals surface area contributed by atoms with E-state index in [4.69, 9.17) is 32.3 Å². The number of halogens is 1. The Morgan fingerprint density at radius 3 is 2.26 bits per heavy atom. The van der Waals surface area contributed by atoms with Crippen molar-refractivity contribution in [1.82, 2.24) is 5.32 Å². The van der Waals surface area contributed by atoms with E-state index in [1.807, 2.05) is 30.3 Å². The topological polar surface area (TPSA) is 122 Å². The van der Waals surface area contributed by atoms with Crippen molar-refractivity contribution in [3.05, 3.63) is 70.7 Å². The van der Waals surface area contributed by atoms with Crippen molar-refractivity contribution in [3.8, 4) is 0 Å². The standard InChI is InChI=1S/C11H16N2O2.C8H7ClO3/c1-15-8-10(12)11(14)13-7-9-5-3-2-4-6-9;9-6-3-1-5(2-4-6)7(10)8(11)12/h2-6,10H,7-8,12H2,1H3,(H,13,14);1-4,7,10H,(H,11,12)/t10-;/m1./s1. The fraction of sp³-hybridized carbons (Fsp3) is 0.263. The minimum atomic E-state index is -1.47. The molecule has 0 aliphatic heterocycles. The fourth-order valence-electron chi connectivity index (χ4n) is 1.96. The van der Waals surface area contributed by atoms with Gasteiger partial charge < -0.3 is 26.0 Å². The summed E-state index contributed by atoms with van der Waals surface area (Å²) in [7, 11) is 1.52. The number of ether oxygens (including phenoxy) is 1. The van der Waals surface area contributed by atoms with Gasteiger partial charge in [-0.2, -0.15) is 0 Å². The molecule has 0 spiro atoms. The molecule has 0 aliphatic carbocycles. The average molecular weight is 395 g/mol. The van der Waals surface area contributed by atoms with E-state index in [1.165, 1.54) is 31.4 Å². The molecular formula is C19H23ClN2O5. The van der Waals surface area contributed by atoms with Gasteiger partial charge in [0, 0.05) is 18.7 Å². The van der Waals surface area contributed by atoms with Gasteiger partial charge in [0.05, 0.1) is 6.61 Å². The summed E-state index contributed by atoms with van der Waals surface area (Å²) >= 11 is 5.57. The van der Waals surface area contributed by atoms with Crippen LogP contribution >= 0.6 is 11.6 Å². The van der Waals surface area contributed by atoms with Crippen molar-refractivity contribution in [3.63, 3.8) is 0 Å². The highest BCUT2D eigenvalue weighted by atomic mass is 35.5. The Hall–Kier alpha value is -2.45. The number of aliphatic carboxylic acids is 1. The largest absolute Gasteiger partial charge is 0.479 e. The average Bonchev–Trinajstić information content (AvgIpc) is 2.67. The highest BCUT2D eigenvalue weighted by molar-refractivity contribution is 6.30. The molecule has 0 radical (unpaired) electrons. The summed E-state index contributed by atoms with van der Waals surface area (Å²) in [6.45, 7) is 0.734. The molecule has 0 heterocycles. The SMILES string of the molecule is COC[C@@H](N)C(=O)NCc1ccccc1.O=C(O)C(O)c1ccc(Cl)cc1. The monoisotopic (exact) mass is 394 g/mol. The zero-order valence-corrected chi connectivity index (χ0v) is 15.6. The quantitative estimate of drug-likeness (QED) is 0.567. The Balaban J connectivity index is 0.000000277. The maximum atomic E-state index is 11.4. The van der Waals surface area contributed by atoms with Crippen LogP contribution < -0.4 is 11.1 Å². The van der Waals surface area contributed by atoms with Crippen LogP contribution in [0.1, 0.15) is 17.2 Å². The molecule has 7 nitrogen and oxygen atoms in total. The maximum Gasteiger partial charge on any atom is 0.337 e. The molecule has 0 aliphatic rings. The van der Waals surface area contributed by atoms with E-state index in [2.05, 4.69) is 5.32 Å². The van der Waals surface area contributed by atoms with Crippen molar-refractivity contribution >= 4 is 23.5 Å². The molecule has 146 valence electrons. The summed E-state index contributed by atoms with van der Waals surface area (Å²) in [5.74, 6) is -1.46. The van der Waals surface area contributed by atoms with E-state index >= 15 is 0 Å². The Morgan fingerprint density at radius 1 is 1.15 bits per heavy atom. The number of hydrogen-bond donors (Lipinski definition) is 4. The molecule has 0 aromatic heterocycles. The second-order valence-electron chi connectivity index (χ2n) is 5.56. The van der Waals surface area contributed by atoms with Crippen LogP contribution in [0.25, 0.3) is 0 Å². The van der Waals surface area contributed by atoms with Crippen LogP contribution in [0.15, 0.2) is 54.6 Å². The minimum absolute atomic E-state index is 0.194. The first-order valence-electron chi connectivity index (χ1n) is 8.07. The van der Waals surface area contributed by atoms with Crippen molar-refractivity contribution in [1.29, 1.82) is 0 Å². The van der Waals surface area contributed by atoms with E-state index in [1.54, 1.807) is 0 Å². The van der Waals surface area contributed by atoms with Crippen LogP contribution in [0, 0.1) is 0 Å². The Morgan fingerprint density at radius 2 is 1.74 bits per heavy atom. The summed E-state index contributed by atoms with van der Waals surface area (Å²) in [5, 5.41) is 20.7. The van der Waals surface area contributed by atoms with Crippen LogP contribution in [0.5, 0.6) is 0 Å². The van der Waals surface area contributed by atoms with Gasteiger partial charge in [-0.1, -0.05) is 54.1 Å². The number of nitrogens with one attached hydrogen (secondary N) is 1. The third-order valence-corrected chi connectivity index (χ3v) is 3.66. The third-order valence-electron chi connectivity index (χ3n) is 3.41. The number of rotatable bonds is 7. The number of aliphatic hydroxyl groups is 1. The van der Waals surface area contributed by atoms with E-state index in [0.717, 1.165) is 5.56 Å². The smallest absolute Gasteiger partial charge is 0.337 e. The van der Waals surface area contributed by atoms with Gasteiger partial charge in [0.2, 0.25) is 5.91 Å². The second kappa shape index (κ2) is 12.0. The number of methoxy groups -OCH3 is 1. The number of amides is 1. The molecule has 0 saturated carbocycles. The van der Waals surface area contributed by atoms with Crippen LogP contribution in [0.2, 0.25) is 5.02 Å². The van der Waals surface area contributed by atoms with E-state index in [9.17, 15) is 9.59 Å². The van der Waals surface area contributed by atoms with Gasteiger partial charge in [0.25, 0.3) is 0 Å². The molecule has 5 N–H and O–H groups in total. The number of hydrogen-bond acceptors (Lipinski definition) is 5. The van der Waals surface area contributed by atoms with Crippen LogP contribution in [-0.4, -0.2) is 41.8 Å². The highest BCUT2D eigenvalue weighted by Crippen LogP contribution is 2.16. The first-order valence-corrected chi connectivity index (χ1v) is 8.45. The molecule has 1 unspecified atom stereocenters. The van der Waals surface area contributed by atoms with Gasteiger partial charge in [-0.25, -0.2) is 4.79 Å². The molecular weight excluding hydrogens is 372 g/mol. The lowest BCUT2D eigenvalue weighted by Crippen LogP contribution is -2.43.